The number of benzene rings is 1. The Kier molecular flexibility index (Phi) is 8.17. The third-order valence-electron chi connectivity index (χ3n) is 5.34. The zero-order chi connectivity index (χ0) is 20.0. The van der Waals surface area contributed by atoms with Crippen molar-refractivity contribution in [3.05, 3.63) is 29.8 Å². The van der Waals surface area contributed by atoms with E-state index in [0.717, 1.165) is 19.4 Å². The van der Waals surface area contributed by atoms with Crippen molar-refractivity contribution in [3.63, 3.8) is 0 Å². The maximum atomic E-state index is 12.6. The summed E-state index contributed by atoms with van der Waals surface area (Å²) in [5, 5.41) is 0. The summed E-state index contributed by atoms with van der Waals surface area (Å²) in [6.07, 6.45) is 3.60. The second-order valence-corrected chi connectivity index (χ2v) is 8.60. The first-order chi connectivity index (χ1) is 12.8. The van der Waals surface area contributed by atoms with Gasteiger partial charge in [0.15, 0.2) is 0 Å². The van der Waals surface area contributed by atoms with E-state index in [1.54, 1.807) is 11.8 Å². The molecule has 150 valence electrons. The minimum Gasteiger partial charge on any atom is -0.343 e. The summed E-state index contributed by atoms with van der Waals surface area (Å²) >= 11 is 1.73. The zero-order valence-corrected chi connectivity index (χ0v) is 18.1. The van der Waals surface area contributed by atoms with Gasteiger partial charge >= 0.3 is 0 Å². The van der Waals surface area contributed by atoms with Gasteiger partial charge in [-0.2, -0.15) is 0 Å². The molecule has 1 heterocycles. The first-order valence-corrected chi connectivity index (χ1v) is 10.9. The van der Waals surface area contributed by atoms with Gasteiger partial charge in [-0.15, -0.1) is 11.8 Å². The fourth-order valence-corrected chi connectivity index (χ4v) is 3.76. The maximum Gasteiger partial charge on any atom is 0.236 e. The molecule has 1 saturated heterocycles. The van der Waals surface area contributed by atoms with Crippen LogP contribution in [0.5, 0.6) is 0 Å². The normalized spacial score (nSPS) is 15.4. The van der Waals surface area contributed by atoms with Gasteiger partial charge in [0.05, 0.1) is 6.54 Å². The highest BCUT2D eigenvalue weighted by molar-refractivity contribution is 7.98. The summed E-state index contributed by atoms with van der Waals surface area (Å²) in [4.78, 5) is 32.1. The molecule has 6 heteroatoms. The standard InChI is InChI=1S/C21H33N3O2S/c1-16(2)23(4)21(26)18-10-12-24(13-11-18)20(25)15-22(3)14-17-6-8-19(27-5)9-7-17/h6-9,16,18H,10-15H2,1-5H3. The molecule has 0 N–H and O–H groups in total. The highest BCUT2D eigenvalue weighted by atomic mass is 32.2. The van der Waals surface area contributed by atoms with Crippen LogP contribution in [0, 0.1) is 5.92 Å². The number of piperidine rings is 1. The number of likely N-dealkylation sites (tertiary alicyclic amines) is 1. The van der Waals surface area contributed by atoms with Crippen LogP contribution in [0.15, 0.2) is 29.2 Å². The van der Waals surface area contributed by atoms with E-state index >= 15 is 0 Å². The van der Waals surface area contributed by atoms with Gasteiger partial charge in [-0.05, 0) is 57.7 Å². The average molecular weight is 392 g/mol. The van der Waals surface area contributed by atoms with E-state index in [4.69, 9.17) is 0 Å². The number of hydrogen-bond acceptors (Lipinski definition) is 4. The van der Waals surface area contributed by atoms with Gasteiger partial charge in [0.2, 0.25) is 11.8 Å². The largest absolute Gasteiger partial charge is 0.343 e. The highest BCUT2D eigenvalue weighted by Crippen LogP contribution is 2.20. The minimum absolute atomic E-state index is 0.0501. The molecular weight excluding hydrogens is 358 g/mol. The van der Waals surface area contributed by atoms with Crippen LogP contribution in [0.25, 0.3) is 0 Å². The van der Waals surface area contributed by atoms with Gasteiger partial charge in [-0.1, -0.05) is 12.1 Å². The topological polar surface area (TPSA) is 43.9 Å². The van der Waals surface area contributed by atoms with Crippen LogP contribution in [-0.4, -0.2) is 72.5 Å². The van der Waals surface area contributed by atoms with Gasteiger partial charge in [0.25, 0.3) is 0 Å². The van der Waals surface area contributed by atoms with E-state index in [1.165, 1.54) is 10.5 Å². The lowest BCUT2D eigenvalue weighted by atomic mass is 9.95. The molecule has 2 amide bonds. The quantitative estimate of drug-likeness (QED) is 0.671. The first-order valence-electron chi connectivity index (χ1n) is 9.67. The van der Waals surface area contributed by atoms with Crippen molar-refractivity contribution in [1.82, 2.24) is 14.7 Å². The Morgan fingerprint density at radius 3 is 2.26 bits per heavy atom. The fourth-order valence-electron chi connectivity index (χ4n) is 3.35. The summed E-state index contributed by atoms with van der Waals surface area (Å²) in [5.41, 5.74) is 1.21. The molecule has 1 aliphatic heterocycles. The molecule has 2 rings (SSSR count). The van der Waals surface area contributed by atoms with Crippen molar-refractivity contribution in [2.75, 3.05) is 40.0 Å². The van der Waals surface area contributed by atoms with Crippen LogP contribution >= 0.6 is 11.8 Å². The van der Waals surface area contributed by atoms with Crippen LogP contribution < -0.4 is 0 Å². The third-order valence-corrected chi connectivity index (χ3v) is 6.08. The third kappa shape index (κ3) is 6.25. The lowest BCUT2D eigenvalue weighted by molar-refractivity contribution is -0.141. The highest BCUT2D eigenvalue weighted by Gasteiger charge is 2.29. The van der Waals surface area contributed by atoms with Crippen molar-refractivity contribution in [2.45, 2.75) is 44.2 Å². The molecule has 1 fully saturated rings. The van der Waals surface area contributed by atoms with Crippen LogP contribution in [0.3, 0.4) is 0 Å². The average Bonchev–Trinajstić information content (AvgIpc) is 2.67. The maximum absolute atomic E-state index is 12.6. The number of rotatable bonds is 7. The molecule has 0 unspecified atom stereocenters. The molecule has 1 aromatic rings. The van der Waals surface area contributed by atoms with Gasteiger partial charge in [0.1, 0.15) is 0 Å². The first kappa shape index (κ1) is 21.8. The van der Waals surface area contributed by atoms with Crippen molar-refractivity contribution in [2.24, 2.45) is 5.92 Å². The summed E-state index contributed by atoms with van der Waals surface area (Å²) in [6, 6.07) is 8.69. The van der Waals surface area contributed by atoms with Crippen LogP contribution in [0.4, 0.5) is 0 Å². The summed E-state index contributed by atoms with van der Waals surface area (Å²) in [6.45, 7) is 6.58. The van der Waals surface area contributed by atoms with E-state index in [0.29, 0.717) is 19.6 Å². The molecule has 5 nitrogen and oxygen atoms in total. The van der Waals surface area contributed by atoms with Gasteiger partial charge in [0, 0.05) is 43.5 Å². The molecule has 0 aromatic heterocycles. The molecule has 27 heavy (non-hydrogen) atoms. The molecule has 1 aliphatic rings. The molecule has 0 aliphatic carbocycles. The van der Waals surface area contributed by atoms with Gasteiger partial charge < -0.3 is 9.80 Å². The van der Waals surface area contributed by atoms with Crippen molar-refractivity contribution < 1.29 is 9.59 Å². The Labute approximate surface area is 168 Å². The van der Waals surface area contributed by atoms with Crippen LogP contribution in [0.1, 0.15) is 32.3 Å². The van der Waals surface area contributed by atoms with Gasteiger partial charge in [-0.25, -0.2) is 0 Å². The smallest absolute Gasteiger partial charge is 0.236 e. The second-order valence-electron chi connectivity index (χ2n) is 7.72. The molecule has 1 aromatic carbocycles. The van der Waals surface area contributed by atoms with Crippen molar-refractivity contribution in [1.29, 1.82) is 0 Å². The number of carbonyl (C=O) groups excluding carboxylic acids is 2. The minimum atomic E-state index is 0.0501. The SMILES string of the molecule is CSc1ccc(CN(C)CC(=O)N2CCC(C(=O)N(C)C(C)C)CC2)cc1. The molecule has 0 radical (unpaired) electrons. The van der Waals surface area contributed by atoms with Gasteiger partial charge in [-0.3, -0.25) is 14.5 Å². The molecule has 0 bridgehead atoms. The Morgan fingerprint density at radius 2 is 1.74 bits per heavy atom. The number of thioether (sulfide) groups is 1. The van der Waals surface area contributed by atoms with E-state index in [9.17, 15) is 9.59 Å². The zero-order valence-electron chi connectivity index (χ0n) is 17.3. The summed E-state index contributed by atoms with van der Waals surface area (Å²) in [5.74, 6) is 0.415. The number of nitrogens with zero attached hydrogens (tertiary/aromatic N) is 3. The summed E-state index contributed by atoms with van der Waals surface area (Å²) < 4.78 is 0. The van der Waals surface area contributed by atoms with Crippen molar-refractivity contribution >= 4 is 23.6 Å². The van der Waals surface area contributed by atoms with E-state index in [2.05, 4.69) is 35.4 Å². The van der Waals surface area contributed by atoms with E-state index in [-0.39, 0.29) is 23.8 Å². The summed E-state index contributed by atoms with van der Waals surface area (Å²) in [7, 11) is 3.85. The molecular formula is C21H33N3O2S. The Balaban J connectivity index is 1.78. The fraction of sp³-hybridized carbons (Fsp3) is 0.619. The lowest BCUT2D eigenvalue weighted by Crippen LogP contribution is -2.47. The predicted molar refractivity (Wildman–Crippen MR) is 112 cm³/mol. The van der Waals surface area contributed by atoms with E-state index in [1.807, 2.05) is 37.7 Å². The lowest BCUT2D eigenvalue weighted by Gasteiger charge is -2.35. The number of hydrogen-bond donors (Lipinski definition) is 0. The van der Waals surface area contributed by atoms with Crippen molar-refractivity contribution in [3.8, 4) is 0 Å². The van der Waals surface area contributed by atoms with E-state index < -0.39 is 0 Å². The Morgan fingerprint density at radius 1 is 1.15 bits per heavy atom. The number of amides is 2. The molecule has 0 atom stereocenters. The predicted octanol–water partition coefficient (Wildman–Crippen LogP) is 2.95. The molecule has 0 spiro atoms. The van der Waals surface area contributed by atoms with Crippen LogP contribution in [-0.2, 0) is 16.1 Å². The monoisotopic (exact) mass is 391 g/mol. The van der Waals surface area contributed by atoms with Crippen LogP contribution in [0.2, 0.25) is 0 Å². The Hall–Kier alpha value is -1.53. The second kappa shape index (κ2) is 10.1. The molecule has 0 saturated carbocycles. The number of likely N-dealkylation sites (N-methyl/N-ethyl adjacent to an activating group) is 1. The Bertz CT molecular complexity index is 625. The number of carbonyl (C=O) groups is 2.